The fourth-order valence-corrected chi connectivity index (χ4v) is 4.95. The van der Waals surface area contributed by atoms with Gasteiger partial charge in [0.1, 0.15) is 6.10 Å². The van der Waals surface area contributed by atoms with Gasteiger partial charge in [-0.15, -0.1) is 0 Å². The maximum atomic E-state index is 12.3. The number of allylic oxidation sites excluding steroid dienone is 2. The van der Waals surface area contributed by atoms with Gasteiger partial charge in [0.15, 0.2) is 0 Å². The lowest BCUT2D eigenvalue weighted by molar-refractivity contribution is -0.143. The molecule has 0 aliphatic carbocycles. The van der Waals surface area contributed by atoms with Crippen LogP contribution >= 0.6 is 0 Å². The number of amides is 1. The molecular weight excluding hydrogens is 458 g/mol. The van der Waals surface area contributed by atoms with E-state index in [1.807, 2.05) is 6.92 Å². The minimum absolute atomic E-state index is 0.0531. The van der Waals surface area contributed by atoms with Crippen LogP contribution in [0.4, 0.5) is 0 Å². The number of carbonyl (C=O) groups is 2. The molecule has 0 radical (unpaired) electrons. The molecule has 204 valence electrons. The third-order valence-electron chi connectivity index (χ3n) is 7.27. The first-order valence-corrected chi connectivity index (χ1v) is 13.3. The zero-order chi connectivity index (χ0) is 26.9. The summed E-state index contributed by atoms with van der Waals surface area (Å²) in [5.74, 6) is -0.276. The molecule has 2 aliphatic rings. The predicted molar refractivity (Wildman–Crippen MR) is 142 cm³/mol. The number of nitrogens with one attached hydrogen (secondary N) is 1. The Hall–Kier alpha value is -1.96. The zero-order valence-corrected chi connectivity index (χ0v) is 23.4. The number of carbonyl (C=O) groups excluding carboxylic acids is 2. The van der Waals surface area contributed by atoms with Gasteiger partial charge in [-0.3, -0.25) is 9.59 Å². The van der Waals surface area contributed by atoms with Gasteiger partial charge in [0.25, 0.3) is 0 Å². The quantitative estimate of drug-likeness (QED) is 0.254. The molecule has 7 unspecified atom stereocenters. The molecule has 36 heavy (non-hydrogen) atoms. The van der Waals surface area contributed by atoms with Crippen LogP contribution in [-0.2, 0) is 28.5 Å². The Balaban J connectivity index is 1.86. The Bertz CT molecular complexity index is 821. The molecule has 0 spiro atoms. The summed E-state index contributed by atoms with van der Waals surface area (Å²) in [6, 6.07) is -0.0625. The molecule has 7 nitrogen and oxygen atoms in total. The van der Waals surface area contributed by atoms with Crippen LogP contribution in [-0.4, -0.2) is 61.1 Å². The second kappa shape index (κ2) is 14.1. The van der Waals surface area contributed by atoms with Crippen LogP contribution in [0.25, 0.3) is 0 Å². The molecule has 2 fully saturated rings. The standard InChI is InChI=1S/C29H47NO6/c1-9-24-17-29(7,33-8)18-25(36-24)13-10-19(2)11-14-27-20(3)16-26(22(5)35-27)30-28(32)15-12-21(4)34-23(6)31/h10-13,15,20-22,24-27H,9,14,16-18H2,1-8H3,(H,30,32)/b13-10+,15-12-,19-11+/t20?,21?,22?,24-,25?,26?,27?,29?/m1/s1. The van der Waals surface area contributed by atoms with Gasteiger partial charge in [0.05, 0.1) is 36.1 Å². The third kappa shape index (κ3) is 9.83. The van der Waals surface area contributed by atoms with Gasteiger partial charge in [0.2, 0.25) is 5.91 Å². The van der Waals surface area contributed by atoms with Crippen molar-refractivity contribution < 1.29 is 28.5 Å². The molecule has 7 heteroatoms. The fraction of sp³-hybridized carbons (Fsp3) is 0.724. The van der Waals surface area contributed by atoms with Crippen LogP contribution in [0, 0.1) is 5.92 Å². The van der Waals surface area contributed by atoms with Crippen LogP contribution in [0.5, 0.6) is 0 Å². The van der Waals surface area contributed by atoms with E-state index in [1.165, 1.54) is 18.6 Å². The number of methoxy groups -OCH3 is 1. The first-order chi connectivity index (χ1) is 16.9. The van der Waals surface area contributed by atoms with Gasteiger partial charge in [-0.1, -0.05) is 37.6 Å². The summed E-state index contributed by atoms with van der Waals surface area (Å²) in [5.41, 5.74) is 1.04. The number of hydrogen-bond acceptors (Lipinski definition) is 6. The van der Waals surface area contributed by atoms with Crippen LogP contribution < -0.4 is 5.32 Å². The fourth-order valence-electron chi connectivity index (χ4n) is 4.95. The lowest BCUT2D eigenvalue weighted by atomic mass is 9.87. The van der Waals surface area contributed by atoms with E-state index in [4.69, 9.17) is 18.9 Å². The van der Waals surface area contributed by atoms with E-state index >= 15 is 0 Å². The minimum Gasteiger partial charge on any atom is -0.459 e. The van der Waals surface area contributed by atoms with Crippen molar-refractivity contribution in [3.05, 3.63) is 36.0 Å². The number of hydrogen-bond donors (Lipinski definition) is 1. The molecular formula is C29H47NO6. The van der Waals surface area contributed by atoms with Crippen molar-refractivity contribution in [1.29, 1.82) is 0 Å². The van der Waals surface area contributed by atoms with Gasteiger partial charge >= 0.3 is 5.97 Å². The highest BCUT2D eigenvalue weighted by Crippen LogP contribution is 2.33. The van der Waals surface area contributed by atoms with Gasteiger partial charge in [-0.25, -0.2) is 0 Å². The zero-order valence-electron chi connectivity index (χ0n) is 23.4. The van der Waals surface area contributed by atoms with Crippen molar-refractivity contribution in [2.45, 2.75) is 123 Å². The van der Waals surface area contributed by atoms with Gasteiger partial charge in [-0.05, 0) is 59.0 Å². The van der Waals surface area contributed by atoms with Gasteiger partial charge in [0, 0.05) is 33.0 Å². The number of esters is 1. The van der Waals surface area contributed by atoms with Crippen LogP contribution in [0.3, 0.4) is 0 Å². The molecule has 2 rings (SSSR count). The molecule has 2 saturated heterocycles. The first kappa shape index (κ1) is 30.3. The normalized spacial score (nSPS) is 34.6. The number of rotatable bonds is 10. The Morgan fingerprint density at radius 3 is 2.53 bits per heavy atom. The highest BCUT2D eigenvalue weighted by Gasteiger charge is 2.36. The largest absolute Gasteiger partial charge is 0.459 e. The lowest BCUT2D eigenvalue weighted by Crippen LogP contribution is -2.50. The third-order valence-corrected chi connectivity index (χ3v) is 7.27. The molecule has 1 N–H and O–H groups in total. The summed E-state index contributed by atoms with van der Waals surface area (Å²) >= 11 is 0. The molecule has 8 atom stereocenters. The molecule has 0 aromatic heterocycles. The van der Waals surface area contributed by atoms with Crippen LogP contribution in [0.1, 0.15) is 80.6 Å². The van der Waals surface area contributed by atoms with Crippen molar-refractivity contribution in [3.8, 4) is 0 Å². The number of ether oxygens (including phenoxy) is 4. The second-order valence-corrected chi connectivity index (χ2v) is 10.7. The van der Waals surface area contributed by atoms with Crippen molar-refractivity contribution in [1.82, 2.24) is 5.32 Å². The van der Waals surface area contributed by atoms with Crippen molar-refractivity contribution in [2.75, 3.05) is 7.11 Å². The van der Waals surface area contributed by atoms with E-state index in [9.17, 15) is 9.59 Å². The monoisotopic (exact) mass is 505 g/mol. The van der Waals surface area contributed by atoms with Crippen molar-refractivity contribution >= 4 is 11.9 Å². The Morgan fingerprint density at radius 2 is 1.89 bits per heavy atom. The van der Waals surface area contributed by atoms with Crippen molar-refractivity contribution in [2.24, 2.45) is 5.92 Å². The topological polar surface area (TPSA) is 83.1 Å². The summed E-state index contributed by atoms with van der Waals surface area (Å²) in [5, 5.41) is 3.03. The molecule has 1 amide bonds. The highest BCUT2D eigenvalue weighted by molar-refractivity contribution is 5.87. The van der Waals surface area contributed by atoms with E-state index in [2.05, 4.69) is 51.2 Å². The van der Waals surface area contributed by atoms with Crippen LogP contribution in [0.15, 0.2) is 36.0 Å². The maximum absolute atomic E-state index is 12.3. The average Bonchev–Trinajstić information content (AvgIpc) is 2.82. The Labute approximate surface area is 217 Å². The molecule has 0 bridgehead atoms. The van der Waals surface area contributed by atoms with E-state index < -0.39 is 6.10 Å². The summed E-state index contributed by atoms with van der Waals surface area (Å²) in [4.78, 5) is 23.3. The summed E-state index contributed by atoms with van der Waals surface area (Å²) < 4.78 is 23.3. The summed E-state index contributed by atoms with van der Waals surface area (Å²) in [7, 11) is 1.79. The predicted octanol–water partition coefficient (Wildman–Crippen LogP) is 5.05. The average molecular weight is 506 g/mol. The van der Waals surface area contributed by atoms with Gasteiger partial charge < -0.3 is 24.3 Å². The maximum Gasteiger partial charge on any atom is 0.303 e. The lowest BCUT2D eigenvalue weighted by Gasteiger charge is -2.40. The molecule has 0 aromatic carbocycles. The SMILES string of the molecule is CC[C@@H]1CC(C)(OC)CC(/C=C/C(C)=C/CC2OC(C)C(NC(=O)/C=C\C(C)OC(C)=O)CC2C)O1. The summed E-state index contributed by atoms with van der Waals surface area (Å²) in [6.07, 6.45) is 13.8. The molecule has 0 aromatic rings. The summed E-state index contributed by atoms with van der Waals surface area (Å²) in [6.45, 7) is 13.7. The minimum atomic E-state index is -0.442. The highest BCUT2D eigenvalue weighted by atomic mass is 16.5. The van der Waals surface area contributed by atoms with Gasteiger partial charge in [-0.2, -0.15) is 0 Å². The van der Waals surface area contributed by atoms with E-state index in [0.29, 0.717) is 5.92 Å². The molecule has 2 aliphatic heterocycles. The van der Waals surface area contributed by atoms with E-state index in [1.54, 1.807) is 20.1 Å². The Morgan fingerprint density at radius 1 is 1.17 bits per heavy atom. The second-order valence-electron chi connectivity index (χ2n) is 10.7. The smallest absolute Gasteiger partial charge is 0.303 e. The van der Waals surface area contributed by atoms with E-state index in [-0.39, 0.29) is 47.9 Å². The molecule has 2 heterocycles. The Kier molecular flexibility index (Phi) is 11.9. The van der Waals surface area contributed by atoms with E-state index in [0.717, 1.165) is 32.1 Å². The van der Waals surface area contributed by atoms with Crippen molar-refractivity contribution in [3.63, 3.8) is 0 Å². The van der Waals surface area contributed by atoms with Crippen LogP contribution in [0.2, 0.25) is 0 Å². The molecule has 0 saturated carbocycles. The first-order valence-electron chi connectivity index (χ1n) is 13.3.